The van der Waals surface area contributed by atoms with E-state index >= 15 is 0 Å². The maximum absolute atomic E-state index is 5.78. The molecule has 0 aliphatic rings. The Morgan fingerprint density at radius 1 is 1.26 bits per heavy atom. The fraction of sp³-hybridized carbons (Fsp3) is 0.571. The predicted octanol–water partition coefficient (Wildman–Crippen LogP) is 2.65. The molecule has 0 saturated carbocycles. The van der Waals surface area contributed by atoms with Crippen molar-refractivity contribution in [3.8, 4) is 5.75 Å². The Morgan fingerprint density at radius 3 is 2.79 bits per heavy atom. The van der Waals surface area contributed by atoms with Gasteiger partial charge in [0.25, 0.3) is 0 Å². The van der Waals surface area contributed by atoms with Crippen LogP contribution in [-0.4, -0.2) is 19.6 Å². The van der Waals surface area contributed by atoms with Gasteiger partial charge in [-0.15, -0.1) is 0 Å². The second-order valence-corrected chi connectivity index (χ2v) is 4.52. The van der Waals surface area contributed by atoms with E-state index in [2.05, 4.69) is 37.0 Å². The van der Waals surface area contributed by atoms with Crippen LogP contribution in [0.15, 0.2) is 18.5 Å². The normalized spacial score (nSPS) is 10.9. The standard InChI is InChI=1S/C14H22N4O/c1-4-7-17-10-14(9-15-17)19-11-13-8-12(5-2)16-18(13)6-3/h8-10H,4-7,11H2,1-3H3. The SMILES string of the molecule is CCCn1cc(OCc2cc(CC)nn2CC)cn1. The van der Waals surface area contributed by atoms with Crippen LogP contribution in [-0.2, 0) is 26.1 Å². The Kier molecular flexibility index (Phi) is 4.60. The van der Waals surface area contributed by atoms with Gasteiger partial charge in [-0.1, -0.05) is 13.8 Å². The summed E-state index contributed by atoms with van der Waals surface area (Å²) in [7, 11) is 0. The first-order valence-electron chi connectivity index (χ1n) is 6.97. The summed E-state index contributed by atoms with van der Waals surface area (Å²) in [6.07, 6.45) is 5.73. The molecule has 0 atom stereocenters. The predicted molar refractivity (Wildman–Crippen MR) is 74.1 cm³/mol. The third-order valence-electron chi connectivity index (χ3n) is 3.02. The zero-order valence-electron chi connectivity index (χ0n) is 12.0. The van der Waals surface area contributed by atoms with E-state index in [1.807, 2.05) is 15.6 Å². The van der Waals surface area contributed by atoms with Crippen LogP contribution in [0.3, 0.4) is 0 Å². The topological polar surface area (TPSA) is 44.9 Å². The molecule has 0 unspecified atom stereocenters. The van der Waals surface area contributed by atoms with Crippen molar-refractivity contribution in [2.75, 3.05) is 0 Å². The van der Waals surface area contributed by atoms with E-state index in [0.29, 0.717) is 6.61 Å². The van der Waals surface area contributed by atoms with Gasteiger partial charge in [0, 0.05) is 13.1 Å². The first-order chi connectivity index (χ1) is 9.26. The molecule has 0 amide bonds. The third kappa shape index (κ3) is 3.36. The van der Waals surface area contributed by atoms with Crippen molar-refractivity contribution in [1.29, 1.82) is 0 Å². The van der Waals surface area contributed by atoms with Gasteiger partial charge in [-0.25, -0.2) is 0 Å². The average molecular weight is 262 g/mol. The molecule has 0 aliphatic carbocycles. The van der Waals surface area contributed by atoms with Crippen LogP contribution >= 0.6 is 0 Å². The lowest BCUT2D eigenvalue weighted by molar-refractivity contribution is 0.292. The van der Waals surface area contributed by atoms with Crippen LogP contribution in [0.4, 0.5) is 0 Å². The lowest BCUT2D eigenvalue weighted by Crippen LogP contribution is -2.06. The summed E-state index contributed by atoms with van der Waals surface area (Å²) < 4.78 is 9.68. The summed E-state index contributed by atoms with van der Waals surface area (Å²) in [5, 5.41) is 8.76. The molecule has 0 fully saturated rings. The van der Waals surface area contributed by atoms with Crippen LogP contribution in [0.25, 0.3) is 0 Å². The molecule has 5 heteroatoms. The van der Waals surface area contributed by atoms with Crippen LogP contribution in [0.1, 0.15) is 38.6 Å². The molecule has 19 heavy (non-hydrogen) atoms. The fourth-order valence-electron chi connectivity index (χ4n) is 2.01. The maximum Gasteiger partial charge on any atom is 0.157 e. The molecule has 0 aliphatic heterocycles. The van der Waals surface area contributed by atoms with Gasteiger partial charge in [-0.05, 0) is 25.8 Å². The molecule has 0 radical (unpaired) electrons. The highest BCUT2D eigenvalue weighted by Crippen LogP contribution is 2.13. The Labute approximate surface area is 114 Å². The van der Waals surface area contributed by atoms with Crippen molar-refractivity contribution in [3.63, 3.8) is 0 Å². The zero-order chi connectivity index (χ0) is 13.7. The van der Waals surface area contributed by atoms with Crippen molar-refractivity contribution in [1.82, 2.24) is 19.6 Å². The number of nitrogens with zero attached hydrogens (tertiary/aromatic N) is 4. The van der Waals surface area contributed by atoms with Crippen molar-refractivity contribution < 1.29 is 4.74 Å². The molecule has 0 aromatic carbocycles. The maximum atomic E-state index is 5.78. The number of aromatic nitrogens is 4. The molecule has 0 bridgehead atoms. The van der Waals surface area contributed by atoms with Crippen molar-refractivity contribution in [2.24, 2.45) is 0 Å². The molecular formula is C14H22N4O. The molecule has 104 valence electrons. The smallest absolute Gasteiger partial charge is 0.157 e. The molecule has 2 rings (SSSR count). The molecule has 0 saturated heterocycles. The lowest BCUT2D eigenvalue weighted by atomic mass is 10.3. The number of hydrogen-bond donors (Lipinski definition) is 0. The zero-order valence-corrected chi connectivity index (χ0v) is 12.0. The van der Waals surface area contributed by atoms with Crippen LogP contribution in [0.5, 0.6) is 5.75 Å². The van der Waals surface area contributed by atoms with E-state index in [4.69, 9.17) is 4.74 Å². The van der Waals surface area contributed by atoms with Gasteiger partial charge < -0.3 is 4.74 Å². The van der Waals surface area contributed by atoms with Gasteiger partial charge in [0.1, 0.15) is 6.61 Å². The Bertz CT molecular complexity index is 515. The van der Waals surface area contributed by atoms with Gasteiger partial charge in [-0.3, -0.25) is 9.36 Å². The summed E-state index contributed by atoms with van der Waals surface area (Å²) in [6, 6.07) is 2.11. The van der Waals surface area contributed by atoms with Crippen molar-refractivity contribution in [3.05, 3.63) is 29.8 Å². The van der Waals surface area contributed by atoms with Gasteiger partial charge in [0.05, 0.1) is 23.8 Å². The molecular weight excluding hydrogens is 240 g/mol. The second kappa shape index (κ2) is 6.41. The Hall–Kier alpha value is -1.78. The van der Waals surface area contributed by atoms with Crippen LogP contribution in [0, 0.1) is 0 Å². The number of aryl methyl sites for hydroxylation is 3. The Morgan fingerprint density at radius 2 is 2.11 bits per heavy atom. The van der Waals surface area contributed by atoms with Crippen molar-refractivity contribution >= 4 is 0 Å². The quantitative estimate of drug-likeness (QED) is 0.770. The van der Waals surface area contributed by atoms with Gasteiger partial charge >= 0.3 is 0 Å². The number of ether oxygens (including phenoxy) is 1. The molecule has 0 N–H and O–H groups in total. The van der Waals surface area contributed by atoms with E-state index in [-0.39, 0.29) is 0 Å². The second-order valence-electron chi connectivity index (χ2n) is 4.52. The number of hydrogen-bond acceptors (Lipinski definition) is 3. The molecule has 2 aromatic heterocycles. The highest BCUT2D eigenvalue weighted by molar-refractivity contribution is 5.14. The molecule has 5 nitrogen and oxygen atoms in total. The monoisotopic (exact) mass is 262 g/mol. The highest BCUT2D eigenvalue weighted by Gasteiger charge is 2.07. The molecule has 2 heterocycles. The Balaban J connectivity index is 1.98. The summed E-state index contributed by atoms with van der Waals surface area (Å²) in [4.78, 5) is 0. The van der Waals surface area contributed by atoms with Gasteiger partial charge in [0.15, 0.2) is 5.75 Å². The van der Waals surface area contributed by atoms with Crippen LogP contribution < -0.4 is 4.74 Å². The summed E-state index contributed by atoms with van der Waals surface area (Å²) in [5.41, 5.74) is 2.23. The van der Waals surface area contributed by atoms with E-state index in [0.717, 1.165) is 43.1 Å². The lowest BCUT2D eigenvalue weighted by Gasteiger charge is -2.05. The van der Waals surface area contributed by atoms with E-state index in [1.165, 1.54) is 0 Å². The average Bonchev–Trinajstić information content (AvgIpc) is 3.02. The van der Waals surface area contributed by atoms with Gasteiger partial charge in [0.2, 0.25) is 0 Å². The van der Waals surface area contributed by atoms with Crippen molar-refractivity contribution in [2.45, 2.75) is 53.3 Å². The largest absolute Gasteiger partial charge is 0.484 e. The molecule has 2 aromatic rings. The summed E-state index contributed by atoms with van der Waals surface area (Å²) in [6.45, 7) is 8.67. The number of rotatable bonds is 7. The third-order valence-corrected chi connectivity index (χ3v) is 3.02. The molecule has 0 spiro atoms. The minimum absolute atomic E-state index is 0.540. The van der Waals surface area contributed by atoms with E-state index in [1.54, 1.807) is 6.20 Å². The van der Waals surface area contributed by atoms with E-state index < -0.39 is 0 Å². The highest BCUT2D eigenvalue weighted by atomic mass is 16.5. The summed E-state index contributed by atoms with van der Waals surface area (Å²) in [5.74, 6) is 0.815. The van der Waals surface area contributed by atoms with Crippen LogP contribution in [0.2, 0.25) is 0 Å². The fourth-order valence-corrected chi connectivity index (χ4v) is 2.01. The minimum atomic E-state index is 0.540. The first-order valence-corrected chi connectivity index (χ1v) is 6.97. The van der Waals surface area contributed by atoms with E-state index in [9.17, 15) is 0 Å². The summed E-state index contributed by atoms with van der Waals surface area (Å²) >= 11 is 0. The first kappa shape index (κ1) is 13.6. The minimum Gasteiger partial charge on any atom is -0.484 e. The van der Waals surface area contributed by atoms with Gasteiger partial charge in [-0.2, -0.15) is 10.2 Å².